The maximum Gasteiger partial charge on any atom is 0.306 e. The molecule has 28 heavy (non-hydrogen) atoms. The van der Waals surface area contributed by atoms with E-state index in [1.54, 1.807) is 18.2 Å². The predicted octanol–water partition coefficient (Wildman–Crippen LogP) is 2.93. The standard InChI is InChI=1S/C19H16N2O6S/c22-13(12-3-4-14-15(10-12)25-8-7-24-14)11-26-18(23)6-5-17-20-19(21-27-17)16-2-1-9-28-16/h1-4,9-10H,5-8,11H2. The van der Waals surface area contributed by atoms with Gasteiger partial charge in [0.05, 0.1) is 11.3 Å². The van der Waals surface area contributed by atoms with E-state index in [4.69, 9.17) is 18.7 Å². The van der Waals surface area contributed by atoms with Gasteiger partial charge in [-0.05, 0) is 29.6 Å². The molecule has 8 nitrogen and oxygen atoms in total. The Morgan fingerprint density at radius 1 is 1.14 bits per heavy atom. The van der Waals surface area contributed by atoms with Crippen molar-refractivity contribution < 1.29 is 28.3 Å². The van der Waals surface area contributed by atoms with Crippen LogP contribution in [0.25, 0.3) is 10.7 Å². The highest BCUT2D eigenvalue weighted by Gasteiger charge is 2.17. The molecule has 1 aromatic carbocycles. The zero-order valence-corrected chi connectivity index (χ0v) is 15.6. The number of hydrogen-bond acceptors (Lipinski definition) is 9. The Hall–Kier alpha value is -3.20. The van der Waals surface area contributed by atoms with Gasteiger partial charge in [-0.1, -0.05) is 11.2 Å². The summed E-state index contributed by atoms with van der Waals surface area (Å²) in [5, 5.41) is 5.80. The molecule has 0 radical (unpaired) electrons. The van der Waals surface area contributed by atoms with Gasteiger partial charge in [0.15, 0.2) is 23.9 Å². The number of thiophene rings is 1. The number of Topliss-reactive ketones (excluding diaryl/α,β-unsaturated/α-hetero) is 1. The lowest BCUT2D eigenvalue weighted by Gasteiger charge is -2.18. The third-order valence-electron chi connectivity index (χ3n) is 3.98. The van der Waals surface area contributed by atoms with Crippen molar-refractivity contribution in [1.82, 2.24) is 10.1 Å². The van der Waals surface area contributed by atoms with E-state index in [0.717, 1.165) is 4.88 Å². The second-order valence-corrected chi connectivity index (χ2v) is 6.88. The van der Waals surface area contributed by atoms with Gasteiger partial charge in [-0.25, -0.2) is 0 Å². The maximum absolute atomic E-state index is 12.2. The molecule has 0 atom stereocenters. The first-order valence-corrected chi connectivity index (χ1v) is 9.52. The number of fused-ring (bicyclic) bond motifs is 1. The van der Waals surface area contributed by atoms with Gasteiger partial charge in [0.25, 0.3) is 0 Å². The highest BCUT2D eigenvalue weighted by atomic mass is 32.1. The molecular weight excluding hydrogens is 384 g/mol. The van der Waals surface area contributed by atoms with Crippen LogP contribution in [0, 0.1) is 0 Å². The molecule has 1 aliphatic rings. The lowest BCUT2D eigenvalue weighted by atomic mass is 10.1. The molecule has 0 spiro atoms. The number of hydrogen-bond donors (Lipinski definition) is 0. The Morgan fingerprint density at radius 3 is 2.82 bits per heavy atom. The molecule has 0 amide bonds. The van der Waals surface area contributed by atoms with E-state index in [-0.39, 0.29) is 25.2 Å². The van der Waals surface area contributed by atoms with E-state index in [1.807, 2.05) is 17.5 Å². The number of ether oxygens (including phenoxy) is 3. The zero-order valence-electron chi connectivity index (χ0n) is 14.8. The highest BCUT2D eigenvalue weighted by molar-refractivity contribution is 7.13. The summed E-state index contributed by atoms with van der Waals surface area (Å²) in [4.78, 5) is 29.3. The van der Waals surface area contributed by atoms with E-state index in [2.05, 4.69) is 10.1 Å². The number of nitrogens with zero attached hydrogens (tertiary/aromatic N) is 2. The minimum Gasteiger partial charge on any atom is -0.486 e. The number of rotatable bonds is 7. The summed E-state index contributed by atoms with van der Waals surface area (Å²) >= 11 is 1.50. The molecule has 3 aromatic rings. The number of benzene rings is 1. The Morgan fingerprint density at radius 2 is 2.00 bits per heavy atom. The van der Waals surface area contributed by atoms with Gasteiger partial charge in [-0.15, -0.1) is 11.3 Å². The van der Waals surface area contributed by atoms with Crippen molar-refractivity contribution in [2.24, 2.45) is 0 Å². The Kier molecular flexibility index (Phi) is 5.34. The van der Waals surface area contributed by atoms with Gasteiger partial charge in [0, 0.05) is 12.0 Å². The van der Waals surface area contributed by atoms with Crippen molar-refractivity contribution >= 4 is 23.1 Å². The first-order chi connectivity index (χ1) is 13.7. The van der Waals surface area contributed by atoms with Crippen LogP contribution in [-0.2, 0) is 16.0 Å². The third kappa shape index (κ3) is 4.20. The van der Waals surface area contributed by atoms with Gasteiger partial charge in [0.2, 0.25) is 11.7 Å². The molecule has 1 aliphatic heterocycles. The van der Waals surface area contributed by atoms with Crippen molar-refractivity contribution in [3.8, 4) is 22.2 Å². The van der Waals surface area contributed by atoms with Crippen molar-refractivity contribution in [3.05, 3.63) is 47.2 Å². The molecule has 0 aliphatic carbocycles. The Bertz CT molecular complexity index is 982. The number of ketones is 1. The quantitative estimate of drug-likeness (QED) is 0.441. The van der Waals surface area contributed by atoms with Crippen LogP contribution < -0.4 is 9.47 Å². The molecule has 0 saturated heterocycles. The smallest absolute Gasteiger partial charge is 0.306 e. The van der Waals surface area contributed by atoms with Crippen molar-refractivity contribution in [3.63, 3.8) is 0 Å². The van der Waals surface area contributed by atoms with E-state index in [0.29, 0.717) is 42.0 Å². The van der Waals surface area contributed by atoms with Crippen LogP contribution in [0.1, 0.15) is 22.7 Å². The number of esters is 1. The first-order valence-electron chi connectivity index (χ1n) is 8.64. The number of aromatic nitrogens is 2. The van der Waals surface area contributed by atoms with Gasteiger partial charge in [0.1, 0.15) is 13.2 Å². The summed E-state index contributed by atoms with van der Waals surface area (Å²) < 4.78 is 21.0. The highest BCUT2D eigenvalue weighted by Crippen LogP contribution is 2.30. The number of carbonyl (C=O) groups is 2. The molecular formula is C19H16N2O6S. The molecule has 0 bridgehead atoms. The average Bonchev–Trinajstić information content (AvgIpc) is 3.41. The van der Waals surface area contributed by atoms with Gasteiger partial charge >= 0.3 is 5.97 Å². The van der Waals surface area contributed by atoms with Crippen LogP contribution in [0.15, 0.2) is 40.2 Å². The molecule has 0 saturated carbocycles. The lowest BCUT2D eigenvalue weighted by molar-refractivity contribution is -0.142. The summed E-state index contributed by atoms with van der Waals surface area (Å²) in [5.74, 6) is 1.12. The molecule has 3 heterocycles. The van der Waals surface area contributed by atoms with Crippen LogP contribution in [0.5, 0.6) is 11.5 Å². The summed E-state index contributed by atoms with van der Waals surface area (Å²) in [6.45, 7) is 0.568. The molecule has 9 heteroatoms. The van der Waals surface area contributed by atoms with E-state index < -0.39 is 5.97 Å². The Labute approximate surface area is 164 Å². The van der Waals surface area contributed by atoms with Crippen LogP contribution >= 0.6 is 11.3 Å². The maximum atomic E-state index is 12.2. The Balaban J connectivity index is 1.26. The monoisotopic (exact) mass is 400 g/mol. The van der Waals surface area contributed by atoms with E-state index in [1.165, 1.54) is 11.3 Å². The van der Waals surface area contributed by atoms with Crippen LogP contribution in [0.4, 0.5) is 0 Å². The third-order valence-corrected chi connectivity index (χ3v) is 4.85. The lowest BCUT2D eigenvalue weighted by Crippen LogP contribution is -2.17. The molecule has 0 fully saturated rings. The normalized spacial score (nSPS) is 12.6. The minimum atomic E-state index is -0.512. The fourth-order valence-electron chi connectivity index (χ4n) is 2.59. The van der Waals surface area contributed by atoms with Gasteiger partial charge in [-0.3, -0.25) is 9.59 Å². The average molecular weight is 400 g/mol. The van der Waals surface area contributed by atoms with Gasteiger partial charge < -0.3 is 18.7 Å². The molecule has 4 rings (SSSR count). The van der Waals surface area contributed by atoms with Crippen molar-refractivity contribution in [2.45, 2.75) is 12.8 Å². The number of aryl methyl sites for hydroxylation is 1. The minimum absolute atomic E-state index is 0.0422. The topological polar surface area (TPSA) is 101 Å². The summed E-state index contributed by atoms with van der Waals surface area (Å²) in [5.41, 5.74) is 0.398. The van der Waals surface area contributed by atoms with Crippen LogP contribution in [-0.4, -0.2) is 41.7 Å². The summed E-state index contributed by atoms with van der Waals surface area (Å²) in [7, 11) is 0. The first kappa shape index (κ1) is 18.2. The molecule has 0 N–H and O–H groups in total. The van der Waals surface area contributed by atoms with Crippen LogP contribution in [0.3, 0.4) is 0 Å². The summed E-state index contributed by atoms with van der Waals surface area (Å²) in [6, 6.07) is 8.66. The van der Waals surface area contributed by atoms with Gasteiger partial charge in [-0.2, -0.15) is 4.98 Å². The molecule has 0 unspecified atom stereocenters. The number of carbonyl (C=O) groups excluding carboxylic acids is 2. The zero-order chi connectivity index (χ0) is 19.3. The predicted molar refractivity (Wildman–Crippen MR) is 98.7 cm³/mol. The van der Waals surface area contributed by atoms with E-state index in [9.17, 15) is 9.59 Å². The molecule has 2 aromatic heterocycles. The fourth-order valence-corrected chi connectivity index (χ4v) is 3.24. The van der Waals surface area contributed by atoms with E-state index >= 15 is 0 Å². The van der Waals surface area contributed by atoms with Crippen LogP contribution in [0.2, 0.25) is 0 Å². The SMILES string of the molecule is O=C(CCc1nc(-c2cccs2)no1)OCC(=O)c1ccc2c(c1)OCCO2. The second kappa shape index (κ2) is 8.22. The van der Waals surface area contributed by atoms with Crippen molar-refractivity contribution in [1.29, 1.82) is 0 Å². The van der Waals surface area contributed by atoms with Crippen molar-refractivity contribution in [2.75, 3.05) is 19.8 Å². The largest absolute Gasteiger partial charge is 0.486 e. The fraction of sp³-hybridized carbons (Fsp3) is 0.263. The molecule has 144 valence electrons. The second-order valence-electron chi connectivity index (χ2n) is 5.93. The summed E-state index contributed by atoms with van der Waals surface area (Å²) in [6.07, 6.45) is 0.288.